The molecule has 10 heteroatoms. The van der Waals surface area contributed by atoms with Crippen molar-refractivity contribution in [1.29, 1.82) is 0 Å². The molecule has 23 heavy (non-hydrogen) atoms. The molecule has 1 amide bonds. The third-order valence-electron chi connectivity index (χ3n) is 2.79. The predicted octanol–water partition coefficient (Wildman–Crippen LogP) is 1.96. The lowest BCUT2D eigenvalue weighted by Gasteiger charge is -2.12. The summed E-state index contributed by atoms with van der Waals surface area (Å²) in [5, 5.41) is 21.0. The Bertz CT molecular complexity index is 743. The number of aromatic amines is 1. The second-order valence-corrected chi connectivity index (χ2v) is 7.21. The predicted molar refractivity (Wildman–Crippen MR) is 89.1 cm³/mol. The Kier molecular flexibility index (Phi) is 5.72. The Morgan fingerprint density at radius 2 is 2.22 bits per heavy atom. The Labute approximate surface area is 140 Å². The van der Waals surface area contributed by atoms with Crippen LogP contribution in [0.4, 0.5) is 5.13 Å². The van der Waals surface area contributed by atoms with Crippen LogP contribution in [0.5, 0.6) is 5.88 Å². The minimum atomic E-state index is -0.480. The molecule has 0 bridgehead atoms. The van der Waals surface area contributed by atoms with Gasteiger partial charge in [0.15, 0.2) is 5.16 Å². The van der Waals surface area contributed by atoms with Gasteiger partial charge in [0.1, 0.15) is 5.01 Å². The van der Waals surface area contributed by atoms with Gasteiger partial charge in [-0.1, -0.05) is 43.9 Å². The number of thioether (sulfide) groups is 1. The maximum Gasteiger partial charge on any atom is 0.255 e. The van der Waals surface area contributed by atoms with E-state index < -0.39 is 10.8 Å². The zero-order chi connectivity index (χ0) is 17.0. The highest BCUT2D eigenvalue weighted by Gasteiger charge is 2.21. The van der Waals surface area contributed by atoms with Crippen molar-refractivity contribution in [1.82, 2.24) is 20.2 Å². The third kappa shape index (κ3) is 4.76. The summed E-state index contributed by atoms with van der Waals surface area (Å²) in [5.74, 6) is -0.386. The first kappa shape index (κ1) is 17.4. The van der Waals surface area contributed by atoms with Crippen molar-refractivity contribution < 1.29 is 9.90 Å². The molecule has 0 saturated carbocycles. The van der Waals surface area contributed by atoms with E-state index in [4.69, 9.17) is 0 Å². The minimum absolute atomic E-state index is 0.192. The fraction of sp³-hybridized carbons (Fsp3) is 0.462. The van der Waals surface area contributed by atoms with Gasteiger partial charge in [-0.2, -0.15) is 4.98 Å². The fourth-order valence-corrected chi connectivity index (χ4v) is 3.30. The van der Waals surface area contributed by atoms with Crippen LogP contribution in [-0.2, 0) is 4.79 Å². The number of aromatic hydroxyl groups is 1. The smallest absolute Gasteiger partial charge is 0.255 e. The average Bonchev–Trinajstić information content (AvgIpc) is 2.92. The van der Waals surface area contributed by atoms with Crippen LogP contribution in [0.2, 0.25) is 0 Å². The van der Waals surface area contributed by atoms with Gasteiger partial charge in [0.25, 0.3) is 5.56 Å². The second kappa shape index (κ2) is 7.55. The topological polar surface area (TPSA) is 121 Å². The zero-order valence-electron chi connectivity index (χ0n) is 12.9. The van der Waals surface area contributed by atoms with E-state index >= 15 is 0 Å². The van der Waals surface area contributed by atoms with E-state index in [1.165, 1.54) is 11.3 Å². The van der Waals surface area contributed by atoms with Crippen LogP contribution in [0.3, 0.4) is 0 Å². The minimum Gasteiger partial charge on any atom is -0.493 e. The van der Waals surface area contributed by atoms with Gasteiger partial charge in [0, 0.05) is 5.92 Å². The average molecular weight is 355 g/mol. The number of hydrogen-bond donors (Lipinski definition) is 3. The monoisotopic (exact) mass is 355 g/mol. The molecule has 0 aliphatic heterocycles. The Balaban J connectivity index is 2.07. The van der Waals surface area contributed by atoms with Gasteiger partial charge in [-0.25, -0.2) is 0 Å². The second-order valence-electron chi connectivity index (χ2n) is 5.01. The summed E-state index contributed by atoms with van der Waals surface area (Å²) in [5.41, 5.74) is -0.471. The van der Waals surface area contributed by atoms with Crippen LogP contribution in [0.1, 0.15) is 38.1 Å². The highest BCUT2D eigenvalue weighted by atomic mass is 32.2. The summed E-state index contributed by atoms with van der Waals surface area (Å²) >= 11 is 2.41. The van der Waals surface area contributed by atoms with Crippen LogP contribution in [0.15, 0.2) is 16.0 Å². The Morgan fingerprint density at radius 1 is 1.48 bits per heavy atom. The van der Waals surface area contributed by atoms with Gasteiger partial charge in [-0.3, -0.25) is 14.9 Å². The summed E-state index contributed by atoms with van der Waals surface area (Å²) < 4.78 is 0. The zero-order valence-corrected chi connectivity index (χ0v) is 14.5. The van der Waals surface area contributed by atoms with Crippen LogP contribution < -0.4 is 10.9 Å². The molecule has 0 aromatic carbocycles. The molecular formula is C13H17N5O3S2. The quantitative estimate of drug-likeness (QED) is 0.535. The van der Waals surface area contributed by atoms with E-state index in [1.54, 1.807) is 0 Å². The van der Waals surface area contributed by atoms with Gasteiger partial charge >= 0.3 is 0 Å². The summed E-state index contributed by atoms with van der Waals surface area (Å²) in [6.07, 6.45) is 0.520. The molecule has 0 aliphatic rings. The highest BCUT2D eigenvalue weighted by Crippen LogP contribution is 2.26. The van der Waals surface area contributed by atoms with E-state index in [-0.39, 0.29) is 22.9 Å². The lowest BCUT2D eigenvalue weighted by molar-refractivity contribution is -0.115. The van der Waals surface area contributed by atoms with Crippen LogP contribution >= 0.6 is 23.1 Å². The van der Waals surface area contributed by atoms with Crippen molar-refractivity contribution in [3.05, 3.63) is 21.4 Å². The molecule has 0 spiro atoms. The number of carbonyl (C=O) groups excluding carboxylic acids is 1. The van der Waals surface area contributed by atoms with Crippen LogP contribution in [0.25, 0.3) is 0 Å². The first-order chi connectivity index (χ1) is 10.9. The number of carbonyl (C=O) groups is 1. The van der Waals surface area contributed by atoms with Gasteiger partial charge < -0.3 is 10.1 Å². The number of nitrogens with one attached hydrogen (secondary N) is 2. The standard InChI is InChI=1S/C13H17N5O3S2/c1-4-7(22-12-14-8(19)5-9(20)15-12)10(21)16-13-18-17-11(23-13)6(2)3/h5-7H,4H2,1-3H3,(H,16,18,21)(H2,14,15,19,20). The Hall–Kier alpha value is -1.94. The van der Waals surface area contributed by atoms with Crippen LogP contribution in [0, 0.1) is 0 Å². The van der Waals surface area contributed by atoms with Crippen LogP contribution in [-0.4, -0.2) is 36.4 Å². The number of amides is 1. The molecule has 1 unspecified atom stereocenters. The third-order valence-corrected chi connectivity index (χ3v) is 5.18. The fourth-order valence-electron chi connectivity index (χ4n) is 1.64. The summed E-state index contributed by atoms with van der Waals surface area (Å²) in [4.78, 5) is 29.9. The normalized spacial score (nSPS) is 12.3. The molecule has 0 aliphatic carbocycles. The van der Waals surface area contributed by atoms with Crippen molar-refractivity contribution in [3.63, 3.8) is 0 Å². The van der Waals surface area contributed by atoms with E-state index in [1.807, 2.05) is 20.8 Å². The van der Waals surface area contributed by atoms with Gasteiger partial charge in [-0.15, -0.1) is 10.2 Å². The highest BCUT2D eigenvalue weighted by molar-refractivity contribution is 8.00. The SMILES string of the molecule is CCC(Sc1nc(O)cc(=O)[nH]1)C(=O)Nc1nnc(C(C)C)s1. The van der Waals surface area contributed by atoms with Gasteiger partial charge in [0.05, 0.1) is 11.3 Å². The summed E-state index contributed by atoms with van der Waals surface area (Å²) in [7, 11) is 0. The Morgan fingerprint density at radius 3 is 2.78 bits per heavy atom. The number of aromatic nitrogens is 4. The van der Waals surface area contributed by atoms with Crippen molar-refractivity contribution in [2.45, 2.75) is 43.5 Å². The van der Waals surface area contributed by atoms with Crippen molar-refractivity contribution in [3.8, 4) is 5.88 Å². The van der Waals surface area contributed by atoms with Crippen molar-refractivity contribution in [2.75, 3.05) is 5.32 Å². The molecule has 124 valence electrons. The molecule has 1 atom stereocenters. The molecule has 2 aromatic heterocycles. The molecule has 2 aromatic rings. The lowest BCUT2D eigenvalue weighted by atomic mass is 10.2. The number of hydrogen-bond acceptors (Lipinski definition) is 8. The first-order valence-electron chi connectivity index (χ1n) is 7.00. The number of H-pyrrole nitrogens is 1. The molecule has 2 heterocycles. The molecule has 0 fully saturated rings. The maximum absolute atomic E-state index is 12.3. The molecule has 0 saturated heterocycles. The van der Waals surface area contributed by atoms with Crippen molar-refractivity contribution in [2.24, 2.45) is 0 Å². The molecule has 0 radical (unpaired) electrons. The van der Waals surface area contributed by atoms with E-state index in [0.717, 1.165) is 22.8 Å². The maximum atomic E-state index is 12.3. The largest absolute Gasteiger partial charge is 0.493 e. The van der Waals surface area contributed by atoms with E-state index in [2.05, 4.69) is 25.5 Å². The molecular weight excluding hydrogens is 338 g/mol. The van der Waals surface area contributed by atoms with Gasteiger partial charge in [-0.05, 0) is 6.42 Å². The van der Waals surface area contributed by atoms with Gasteiger partial charge in [0.2, 0.25) is 16.9 Å². The van der Waals surface area contributed by atoms with E-state index in [9.17, 15) is 14.7 Å². The number of anilines is 1. The number of nitrogens with zero attached hydrogens (tertiary/aromatic N) is 3. The molecule has 8 nitrogen and oxygen atoms in total. The number of rotatable bonds is 6. The van der Waals surface area contributed by atoms with E-state index in [0.29, 0.717) is 11.6 Å². The first-order valence-corrected chi connectivity index (χ1v) is 8.70. The summed E-state index contributed by atoms with van der Waals surface area (Å²) in [6, 6.07) is 0.972. The molecule has 3 N–H and O–H groups in total. The summed E-state index contributed by atoms with van der Waals surface area (Å²) in [6.45, 7) is 5.85. The lowest BCUT2D eigenvalue weighted by Crippen LogP contribution is -2.25. The molecule has 2 rings (SSSR count). The van der Waals surface area contributed by atoms with Crippen molar-refractivity contribution >= 4 is 34.1 Å².